The minimum atomic E-state index is -0.0287. The quantitative estimate of drug-likeness (QED) is 0.758. The van der Waals surface area contributed by atoms with E-state index in [1.54, 1.807) is 10.7 Å². The van der Waals surface area contributed by atoms with E-state index in [-0.39, 0.29) is 11.7 Å². The number of carbonyl (C=O) groups excluding carboxylic acids is 1. The zero-order chi connectivity index (χ0) is 14.7. The maximum absolute atomic E-state index is 12.1. The Labute approximate surface area is 119 Å². The van der Waals surface area contributed by atoms with Crippen LogP contribution in [0.25, 0.3) is 5.52 Å². The molecule has 108 valence electrons. The number of fused-ring (bicyclic) bond motifs is 1. The molecule has 2 aromatic heterocycles. The van der Waals surface area contributed by atoms with Gasteiger partial charge in [-0.2, -0.15) is 5.10 Å². The van der Waals surface area contributed by atoms with E-state index in [2.05, 4.69) is 10.00 Å². The lowest BCUT2D eigenvalue weighted by atomic mass is 10.0. The monoisotopic (exact) mass is 275 g/mol. The molecular formula is C15H21N3O2. The summed E-state index contributed by atoms with van der Waals surface area (Å²) in [5.74, 6) is 0.839. The van der Waals surface area contributed by atoms with Crippen LogP contribution in [0.4, 0.5) is 0 Å². The number of aromatic nitrogens is 2. The SMILES string of the molecule is CC(C)C(=O)c1cnn2cc(OCCN(C)C)ccc12. The van der Waals surface area contributed by atoms with E-state index >= 15 is 0 Å². The maximum atomic E-state index is 12.1. The molecule has 0 saturated heterocycles. The molecule has 0 fully saturated rings. The van der Waals surface area contributed by atoms with E-state index < -0.39 is 0 Å². The highest BCUT2D eigenvalue weighted by atomic mass is 16.5. The second-order valence-electron chi connectivity index (χ2n) is 5.42. The van der Waals surface area contributed by atoms with Gasteiger partial charge in [-0.1, -0.05) is 13.8 Å². The third kappa shape index (κ3) is 3.17. The molecule has 20 heavy (non-hydrogen) atoms. The molecule has 0 bridgehead atoms. The summed E-state index contributed by atoms with van der Waals surface area (Å²) >= 11 is 0. The lowest BCUT2D eigenvalue weighted by molar-refractivity contribution is 0.0941. The molecule has 2 heterocycles. The molecule has 0 atom stereocenters. The van der Waals surface area contributed by atoms with Crippen molar-refractivity contribution in [1.82, 2.24) is 14.5 Å². The van der Waals surface area contributed by atoms with E-state index in [9.17, 15) is 4.79 Å². The average molecular weight is 275 g/mol. The summed E-state index contributed by atoms with van der Waals surface area (Å²) in [6, 6.07) is 3.76. The maximum Gasteiger partial charge on any atom is 0.169 e. The van der Waals surface area contributed by atoms with Gasteiger partial charge in [-0.3, -0.25) is 4.79 Å². The van der Waals surface area contributed by atoms with Gasteiger partial charge in [-0.05, 0) is 26.2 Å². The van der Waals surface area contributed by atoms with E-state index in [0.29, 0.717) is 12.2 Å². The zero-order valence-corrected chi connectivity index (χ0v) is 12.5. The van der Waals surface area contributed by atoms with Crippen LogP contribution in [-0.2, 0) is 0 Å². The van der Waals surface area contributed by atoms with Gasteiger partial charge in [0.1, 0.15) is 12.4 Å². The lowest BCUT2D eigenvalue weighted by Crippen LogP contribution is -2.19. The number of carbonyl (C=O) groups is 1. The van der Waals surface area contributed by atoms with Crippen molar-refractivity contribution < 1.29 is 9.53 Å². The molecule has 2 rings (SSSR count). The van der Waals surface area contributed by atoms with E-state index in [1.807, 2.05) is 46.3 Å². The topological polar surface area (TPSA) is 46.8 Å². The number of ether oxygens (including phenoxy) is 1. The number of rotatable bonds is 6. The van der Waals surface area contributed by atoms with Crippen LogP contribution in [0.2, 0.25) is 0 Å². The molecule has 0 aliphatic rings. The number of hydrogen-bond acceptors (Lipinski definition) is 4. The van der Waals surface area contributed by atoms with Crippen molar-refractivity contribution >= 4 is 11.3 Å². The highest BCUT2D eigenvalue weighted by Crippen LogP contribution is 2.19. The molecule has 0 spiro atoms. The van der Waals surface area contributed by atoms with E-state index in [0.717, 1.165) is 17.8 Å². The van der Waals surface area contributed by atoms with Crippen molar-refractivity contribution in [3.8, 4) is 5.75 Å². The Morgan fingerprint density at radius 3 is 2.80 bits per heavy atom. The van der Waals surface area contributed by atoms with Crippen molar-refractivity contribution in [3.63, 3.8) is 0 Å². The predicted molar refractivity (Wildman–Crippen MR) is 78.4 cm³/mol. The third-order valence-electron chi connectivity index (χ3n) is 3.09. The summed E-state index contributed by atoms with van der Waals surface area (Å²) in [5.41, 5.74) is 1.49. The number of pyridine rings is 1. The van der Waals surface area contributed by atoms with Crippen molar-refractivity contribution in [1.29, 1.82) is 0 Å². The number of nitrogens with zero attached hydrogens (tertiary/aromatic N) is 3. The van der Waals surface area contributed by atoms with Crippen LogP contribution in [0.3, 0.4) is 0 Å². The molecule has 0 aliphatic heterocycles. The van der Waals surface area contributed by atoms with E-state index in [1.165, 1.54) is 0 Å². The minimum Gasteiger partial charge on any atom is -0.491 e. The van der Waals surface area contributed by atoms with Gasteiger partial charge >= 0.3 is 0 Å². The molecular weight excluding hydrogens is 254 g/mol. The van der Waals surface area contributed by atoms with Gasteiger partial charge in [0.25, 0.3) is 0 Å². The first-order valence-corrected chi connectivity index (χ1v) is 6.78. The van der Waals surface area contributed by atoms with Gasteiger partial charge in [0.15, 0.2) is 5.78 Å². The fourth-order valence-corrected chi connectivity index (χ4v) is 1.90. The van der Waals surface area contributed by atoms with Crippen molar-refractivity contribution in [2.75, 3.05) is 27.2 Å². The summed E-state index contributed by atoms with van der Waals surface area (Å²) in [6.07, 6.45) is 3.43. The number of hydrogen-bond donors (Lipinski definition) is 0. The largest absolute Gasteiger partial charge is 0.491 e. The summed E-state index contributed by atoms with van der Waals surface area (Å²) in [5, 5.41) is 4.23. The zero-order valence-electron chi connectivity index (χ0n) is 12.5. The summed E-state index contributed by atoms with van der Waals surface area (Å²) in [6.45, 7) is 5.26. The molecule has 0 amide bonds. The molecule has 2 aromatic rings. The minimum absolute atomic E-state index is 0.0287. The highest BCUT2D eigenvalue weighted by molar-refractivity contribution is 6.03. The molecule has 0 unspecified atom stereocenters. The van der Waals surface area contributed by atoms with Crippen LogP contribution < -0.4 is 4.74 Å². The van der Waals surface area contributed by atoms with Crippen molar-refractivity contribution in [2.24, 2.45) is 5.92 Å². The highest BCUT2D eigenvalue weighted by Gasteiger charge is 2.15. The fraction of sp³-hybridized carbons (Fsp3) is 0.467. The first kappa shape index (κ1) is 14.5. The van der Waals surface area contributed by atoms with Crippen LogP contribution in [-0.4, -0.2) is 47.5 Å². The van der Waals surface area contributed by atoms with Gasteiger partial charge in [0.2, 0.25) is 0 Å². The first-order valence-electron chi connectivity index (χ1n) is 6.78. The third-order valence-corrected chi connectivity index (χ3v) is 3.09. The average Bonchev–Trinajstić information content (AvgIpc) is 2.80. The van der Waals surface area contributed by atoms with Gasteiger partial charge in [-0.15, -0.1) is 0 Å². The Morgan fingerprint density at radius 1 is 1.40 bits per heavy atom. The van der Waals surface area contributed by atoms with Crippen molar-refractivity contribution in [2.45, 2.75) is 13.8 Å². The van der Waals surface area contributed by atoms with Crippen molar-refractivity contribution in [3.05, 3.63) is 30.1 Å². The predicted octanol–water partition coefficient (Wildman–Crippen LogP) is 2.11. The summed E-state index contributed by atoms with van der Waals surface area (Å²) < 4.78 is 7.35. The number of Topliss-reactive ketones (excluding diaryl/α,β-unsaturated/α-hetero) is 1. The number of likely N-dealkylation sites (N-methyl/N-ethyl adjacent to an activating group) is 1. The Bertz CT molecular complexity index is 602. The molecule has 0 saturated carbocycles. The van der Waals surface area contributed by atoms with Crippen LogP contribution >= 0.6 is 0 Å². The first-order chi connectivity index (χ1) is 9.49. The number of ketones is 1. The Hall–Kier alpha value is -1.88. The summed E-state index contributed by atoms with van der Waals surface area (Å²) in [7, 11) is 4.01. The molecule has 0 aliphatic carbocycles. The molecule has 5 heteroatoms. The Morgan fingerprint density at radius 2 is 2.15 bits per heavy atom. The van der Waals surface area contributed by atoms with Crippen LogP contribution in [0, 0.1) is 5.92 Å². The van der Waals surface area contributed by atoms with E-state index in [4.69, 9.17) is 4.74 Å². The Balaban J connectivity index is 2.18. The second-order valence-corrected chi connectivity index (χ2v) is 5.42. The fourth-order valence-electron chi connectivity index (χ4n) is 1.90. The Kier molecular flexibility index (Phi) is 4.39. The molecule has 0 N–H and O–H groups in total. The standard InChI is InChI=1S/C15H21N3O2/c1-11(2)15(19)13-9-16-18-10-12(5-6-14(13)18)20-8-7-17(3)4/h5-6,9-11H,7-8H2,1-4H3. The van der Waals surface area contributed by atoms with Gasteiger partial charge in [0.05, 0.1) is 23.5 Å². The van der Waals surface area contributed by atoms with Gasteiger partial charge < -0.3 is 9.64 Å². The second kappa shape index (κ2) is 6.05. The molecule has 5 nitrogen and oxygen atoms in total. The van der Waals surface area contributed by atoms with Crippen LogP contribution in [0.5, 0.6) is 5.75 Å². The molecule has 0 radical (unpaired) electrons. The van der Waals surface area contributed by atoms with Gasteiger partial charge in [0, 0.05) is 12.5 Å². The van der Waals surface area contributed by atoms with Gasteiger partial charge in [-0.25, -0.2) is 4.52 Å². The smallest absolute Gasteiger partial charge is 0.169 e. The van der Waals surface area contributed by atoms with Crippen LogP contribution in [0.15, 0.2) is 24.5 Å². The lowest BCUT2D eigenvalue weighted by Gasteiger charge is -2.11. The normalized spacial score (nSPS) is 11.5. The summed E-state index contributed by atoms with van der Waals surface area (Å²) in [4.78, 5) is 14.1. The van der Waals surface area contributed by atoms with Crippen LogP contribution in [0.1, 0.15) is 24.2 Å². The molecule has 0 aromatic carbocycles.